The van der Waals surface area contributed by atoms with E-state index in [1.165, 1.54) is 11.3 Å². The Morgan fingerprint density at radius 1 is 1.29 bits per heavy atom. The zero-order chi connectivity index (χ0) is 26.4. The van der Waals surface area contributed by atoms with Crippen LogP contribution in [0.3, 0.4) is 0 Å². The van der Waals surface area contributed by atoms with Gasteiger partial charge in [-0.2, -0.15) is 0 Å². The minimum atomic E-state index is -0.976. The average Bonchev–Trinajstić information content (AvgIpc) is 3.27. The molecule has 198 valence electrons. The predicted octanol–water partition coefficient (Wildman–Crippen LogP) is 6.34. The number of aromatic nitrogens is 2. The molecule has 6 rings (SSSR count). The van der Waals surface area contributed by atoms with E-state index in [0.29, 0.717) is 28.8 Å². The summed E-state index contributed by atoms with van der Waals surface area (Å²) in [6.45, 7) is 6.16. The van der Waals surface area contributed by atoms with Gasteiger partial charge in [-0.1, -0.05) is 46.3 Å². The summed E-state index contributed by atoms with van der Waals surface area (Å²) in [5.74, 6) is 0.950. The Morgan fingerprint density at radius 3 is 2.84 bits per heavy atom. The van der Waals surface area contributed by atoms with Crippen LogP contribution >= 0.6 is 22.9 Å². The molecule has 4 aromatic rings. The number of nitrogens with zero attached hydrogens (tertiary/aromatic N) is 3. The Morgan fingerprint density at radius 2 is 2.11 bits per heavy atom. The second-order valence-corrected chi connectivity index (χ2v) is 11.6. The van der Waals surface area contributed by atoms with Crippen molar-refractivity contribution < 1.29 is 19.2 Å². The van der Waals surface area contributed by atoms with Gasteiger partial charge in [0.1, 0.15) is 22.7 Å². The number of aromatic carboxylic acids is 1. The summed E-state index contributed by atoms with van der Waals surface area (Å²) >= 11 is 8.00. The van der Waals surface area contributed by atoms with Gasteiger partial charge in [0.25, 0.3) is 0 Å². The third kappa shape index (κ3) is 4.98. The van der Waals surface area contributed by atoms with Crippen LogP contribution in [-0.2, 0) is 6.54 Å². The summed E-state index contributed by atoms with van der Waals surface area (Å²) in [6.07, 6.45) is 3.15. The molecule has 10 heteroatoms. The van der Waals surface area contributed by atoms with Crippen LogP contribution in [0.4, 0.5) is 5.13 Å². The minimum Gasteiger partial charge on any atom is -0.489 e. The molecule has 1 atom stereocenters. The van der Waals surface area contributed by atoms with Crippen molar-refractivity contribution in [3.05, 3.63) is 58.3 Å². The number of ether oxygens (including phenoxy) is 1. The maximum atomic E-state index is 11.7. The summed E-state index contributed by atoms with van der Waals surface area (Å²) in [5, 5.41) is 19.2. The van der Waals surface area contributed by atoms with Crippen LogP contribution in [0, 0.1) is 0 Å². The van der Waals surface area contributed by atoms with Crippen LogP contribution in [0.25, 0.3) is 21.5 Å². The Bertz CT molecular complexity index is 1500. The zero-order valence-electron chi connectivity index (χ0n) is 21.2. The van der Waals surface area contributed by atoms with Crippen molar-refractivity contribution in [1.29, 1.82) is 0 Å². The topological polar surface area (TPSA) is 101 Å². The molecular formula is C28H29ClN4O4S. The van der Waals surface area contributed by atoms with E-state index in [9.17, 15) is 9.90 Å². The van der Waals surface area contributed by atoms with E-state index < -0.39 is 5.97 Å². The van der Waals surface area contributed by atoms with Crippen LogP contribution < -0.4 is 15.0 Å². The fourth-order valence-corrected chi connectivity index (χ4v) is 6.24. The first-order valence-electron chi connectivity index (χ1n) is 12.9. The Balaban J connectivity index is 1.20. The molecule has 2 N–H and O–H groups in total. The van der Waals surface area contributed by atoms with Gasteiger partial charge < -0.3 is 24.6 Å². The molecule has 0 amide bonds. The van der Waals surface area contributed by atoms with Gasteiger partial charge in [-0.15, -0.1) is 0 Å². The number of carbonyl (C=O) groups is 1. The fraction of sp³-hybridized carbons (Fsp3) is 0.393. The van der Waals surface area contributed by atoms with Crippen molar-refractivity contribution in [2.24, 2.45) is 0 Å². The number of carboxylic acids is 1. The lowest BCUT2D eigenvalue weighted by molar-refractivity contribution is 0.0696. The smallest absolute Gasteiger partial charge is 0.335 e. The van der Waals surface area contributed by atoms with Gasteiger partial charge in [0.05, 0.1) is 21.4 Å². The van der Waals surface area contributed by atoms with E-state index in [2.05, 4.69) is 15.4 Å². The minimum absolute atomic E-state index is 0.0821. The number of benzene rings is 2. The second kappa shape index (κ2) is 10.2. The highest BCUT2D eigenvalue weighted by Gasteiger charge is 2.33. The lowest BCUT2D eigenvalue weighted by atomic mass is 10.0. The lowest BCUT2D eigenvalue weighted by Gasteiger charge is -2.16. The Hall–Kier alpha value is -3.14. The SMILES string of the molecule is CC(C)Oc1cc(C(=O)O)cc2sc(N3CCC(NCc4c(-c5ccccc5Cl)noc4C4CC4)C3)nc12. The molecule has 0 bridgehead atoms. The quantitative estimate of drug-likeness (QED) is 0.248. The summed E-state index contributed by atoms with van der Waals surface area (Å²) in [7, 11) is 0. The number of halogens is 1. The van der Waals surface area contributed by atoms with E-state index in [0.717, 1.165) is 64.8 Å². The molecule has 0 spiro atoms. The van der Waals surface area contributed by atoms with Gasteiger partial charge in [-0.05, 0) is 51.3 Å². The van der Waals surface area contributed by atoms with Crippen molar-refractivity contribution >= 4 is 44.3 Å². The van der Waals surface area contributed by atoms with Gasteiger partial charge in [0, 0.05) is 42.7 Å². The standard InChI is InChI=1S/C28H29ClN4O4S/c1-15(2)36-22-11-17(27(34)35)12-23-25(22)31-28(38-23)33-10-9-18(14-33)30-13-20-24(19-5-3-4-6-21(19)29)32-37-26(20)16-7-8-16/h3-6,11-12,15-16,18,30H,7-10,13-14H2,1-2H3,(H,34,35). The number of nitrogens with one attached hydrogen (secondary N) is 1. The first kappa shape index (κ1) is 25.2. The first-order chi connectivity index (χ1) is 18.4. The maximum absolute atomic E-state index is 11.7. The first-order valence-corrected chi connectivity index (χ1v) is 14.1. The highest BCUT2D eigenvalue weighted by atomic mass is 35.5. The molecule has 1 aliphatic heterocycles. The van der Waals surface area contributed by atoms with Crippen molar-refractivity contribution in [2.75, 3.05) is 18.0 Å². The summed E-state index contributed by atoms with van der Waals surface area (Å²) in [4.78, 5) is 18.8. The van der Waals surface area contributed by atoms with E-state index in [1.807, 2.05) is 38.1 Å². The molecule has 2 fully saturated rings. The monoisotopic (exact) mass is 552 g/mol. The predicted molar refractivity (Wildman–Crippen MR) is 149 cm³/mol. The van der Waals surface area contributed by atoms with Crippen LogP contribution in [0.1, 0.15) is 60.7 Å². The average molecular weight is 553 g/mol. The van der Waals surface area contributed by atoms with Crippen LogP contribution in [0.2, 0.25) is 5.02 Å². The maximum Gasteiger partial charge on any atom is 0.335 e. The summed E-state index contributed by atoms with van der Waals surface area (Å²) < 4.78 is 12.5. The van der Waals surface area contributed by atoms with Gasteiger partial charge in [0.15, 0.2) is 5.13 Å². The number of hydrogen-bond donors (Lipinski definition) is 2. The molecule has 1 aliphatic carbocycles. The second-order valence-electron chi connectivity index (χ2n) is 10.2. The Kier molecular flexibility index (Phi) is 6.75. The summed E-state index contributed by atoms with van der Waals surface area (Å²) in [5.41, 5.74) is 3.72. The van der Waals surface area contributed by atoms with Crippen molar-refractivity contribution in [1.82, 2.24) is 15.5 Å². The highest BCUT2D eigenvalue weighted by molar-refractivity contribution is 7.22. The van der Waals surface area contributed by atoms with Gasteiger partial charge in [-0.25, -0.2) is 9.78 Å². The highest BCUT2D eigenvalue weighted by Crippen LogP contribution is 2.45. The number of rotatable bonds is 9. The molecule has 1 saturated carbocycles. The molecular weight excluding hydrogens is 524 g/mol. The van der Waals surface area contributed by atoms with Gasteiger partial charge in [0.2, 0.25) is 0 Å². The third-order valence-electron chi connectivity index (χ3n) is 6.98. The molecule has 38 heavy (non-hydrogen) atoms. The number of thiazole rings is 1. The van der Waals surface area contributed by atoms with E-state index in [-0.39, 0.29) is 17.7 Å². The molecule has 3 heterocycles. The van der Waals surface area contributed by atoms with E-state index >= 15 is 0 Å². The molecule has 1 unspecified atom stereocenters. The number of fused-ring (bicyclic) bond motifs is 1. The van der Waals surface area contributed by atoms with Gasteiger partial charge in [-0.3, -0.25) is 0 Å². The number of hydrogen-bond acceptors (Lipinski definition) is 8. The summed E-state index contributed by atoms with van der Waals surface area (Å²) in [6, 6.07) is 11.3. The molecule has 2 aromatic carbocycles. The van der Waals surface area contributed by atoms with E-state index in [4.69, 9.17) is 25.8 Å². The van der Waals surface area contributed by atoms with Crippen molar-refractivity contribution in [3.63, 3.8) is 0 Å². The van der Waals surface area contributed by atoms with Crippen LogP contribution in [0.5, 0.6) is 5.75 Å². The Labute approximate surface area is 229 Å². The van der Waals surface area contributed by atoms with Crippen molar-refractivity contribution in [2.45, 2.75) is 57.7 Å². The molecule has 8 nitrogen and oxygen atoms in total. The third-order valence-corrected chi connectivity index (χ3v) is 8.37. The normalized spacial score (nSPS) is 17.6. The molecule has 1 saturated heterocycles. The molecule has 0 radical (unpaired) electrons. The van der Waals surface area contributed by atoms with E-state index in [1.54, 1.807) is 12.1 Å². The van der Waals surface area contributed by atoms with Crippen LogP contribution in [-0.4, -0.2) is 46.5 Å². The number of carboxylic acid groups (broad SMARTS) is 1. The lowest BCUT2D eigenvalue weighted by Crippen LogP contribution is -2.32. The largest absolute Gasteiger partial charge is 0.489 e. The number of anilines is 1. The van der Waals surface area contributed by atoms with Gasteiger partial charge >= 0.3 is 5.97 Å². The molecule has 2 aliphatic rings. The van der Waals surface area contributed by atoms with Crippen LogP contribution in [0.15, 0.2) is 40.9 Å². The zero-order valence-corrected chi connectivity index (χ0v) is 22.8. The van der Waals surface area contributed by atoms with Crippen molar-refractivity contribution in [3.8, 4) is 17.0 Å². The fourth-order valence-electron chi connectivity index (χ4n) is 4.96. The molecule has 2 aromatic heterocycles.